The number of rotatable bonds is 3. The van der Waals surface area contributed by atoms with Gasteiger partial charge in [0.25, 0.3) is 5.91 Å². The molecule has 0 N–H and O–H groups in total. The van der Waals surface area contributed by atoms with Crippen LogP contribution in [0.15, 0.2) is 69.9 Å². The molecule has 0 spiro atoms. The van der Waals surface area contributed by atoms with Gasteiger partial charge < -0.3 is 9.15 Å². The number of amides is 1. The number of benzene rings is 2. The quantitative estimate of drug-likeness (QED) is 0.495. The zero-order valence-corrected chi connectivity index (χ0v) is 16.8. The van der Waals surface area contributed by atoms with E-state index >= 15 is 0 Å². The van der Waals surface area contributed by atoms with Crippen molar-refractivity contribution in [3.8, 4) is 5.75 Å². The summed E-state index contributed by atoms with van der Waals surface area (Å²) in [6, 6.07) is 15.3. The highest BCUT2D eigenvalue weighted by Gasteiger charge is 2.44. The van der Waals surface area contributed by atoms with Gasteiger partial charge in [0.15, 0.2) is 5.43 Å². The maximum absolute atomic E-state index is 13.9. The average Bonchev–Trinajstić information content (AvgIpc) is 3.07. The second kappa shape index (κ2) is 7.05. The standard InChI is InChI=1S/C24H17FN2O4/c1-13-5-3-8-19(26-13)27-21(14-6-4-7-16(11-14)30-2)20-22(28)17-12-15(25)9-10-18(17)31-23(20)24(27)29/h3-12,21H,1-2H3. The fourth-order valence-electron chi connectivity index (χ4n) is 3.97. The highest BCUT2D eigenvalue weighted by Crippen LogP contribution is 2.41. The van der Waals surface area contributed by atoms with Gasteiger partial charge in [-0.25, -0.2) is 9.37 Å². The molecule has 2 aromatic carbocycles. The molecule has 0 saturated heterocycles. The summed E-state index contributed by atoms with van der Waals surface area (Å²) < 4.78 is 25.0. The molecule has 0 saturated carbocycles. The Morgan fingerprint density at radius 1 is 1.06 bits per heavy atom. The fourth-order valence-corrected chi connectivity index (χ4v) is 3.97. The van der Waals surface area contributed by atoms with Crippen LogP contribution in [0.4, 0.5) is 10.2 Å². The minimum absolute atomic E-state index is 0.0692. The van der Waals surface area contributed by atoms with Crippen molar-refractivity contribution in [2.75, 3.05) is 12.0 Å². The first-order valence-electron chi connectivity index (χ1n) is 9.65. The molecule has 1 unspecified atom stereocenters. The highest BCUT2D eigenvalue weighted by molar-refractivity contribution is 6.10. The first-order chi connectivity index (χ1) is 15.0. The van der Waals surface area contributed by atoms with Gasteiger partial charge in [-0.05, 0) is 55.0 Å². The van der Waals surface area contributed by atoms with Crippen LogP contribution in [0.5, 0.6) is 5.75 Å². The fraction of sp³-hybridized carbons (Fsp3) is 0.125. The number of hydrogen-bond acceptors (Lipinski definition) is 5. The molecular weight excluding hydrogens is 399 g/mol. The molecule has 1 atom stereocenters. The zero-order chi connectivity index (χ0) is 21.7. The SMILES string of the molecule is COc1cccc(C2c3c(oc4ccc(F)cc4c3=O)C(=O)N2c2cccc(C)n2)c1. The lowest BCUT2D eigenvalue weighted by Crippen LogP contribution is -2.30. The van der Waals surface area contributed by atoms with Crippen molar-refractivity contribution in [2.45, 2.75) is 13.0 Å². The Morgan fingerprint density at radius 2 is 1.87 bits per heavy atom. The lowest BCUT2D eigenvalue weighted by atomic mass is 9.98. The lowest BCUT2D eigenvalue weighted by Gasteiger charge is -2.24. The largest absolute Gasteiger partial charge is 0.497 e. The lowest BCUT2D eigenvalue weighted by molar-refractivity contribution is 0.0970. The summed E-state index contributed by atoms with van der Waals surface area (Å²) in [6.45, 7) is 1.82. The second-order valence-corrected chi connectivity index (χ2v) is 7.31. The number of aryl methyl sites for hydroxylation is 1. The molecule has 6 nitrogen and oxygen atoms in total. The van der Waals surface area contributed by atoms with E-state index in [0.29, 0.717) is 17.1 Å². The van der Waals surface area contributed by atoms with Crippen LogP contribution in [-0.2, 0) is 0 Å². The molecule has 0 fully saturated rings. The normalized spacial score (nSPS) is 15.4. The number of fused-ring (bicyclic) bond motifs is 2. The number of carbonyl (C=O) groups is 1. The van der Waals surface area contributed by atoms with Crippen LogP contribution in [0, 0.1) is 12.7 Å². The summed E-state index contributed by atoms with van der Waals surface area (Å²) in [4.78, 5) is 32.8. The molecule has 3 heterocycles. The molecule has 1 aliphatic heterocycles. The zero-order valence-electron chi connectivity index (χ0n) is 16.8. The predicted octanol–water partition coefficient (Wildman–Crippen LogP) is 4.39. The predicted molar refractivity (Wildman–Crippen MR) is 113 cm³/mol. The minimum Gasteiger partial charge on any atom is -0.497 e. The van der Waals surface area contributed by atoms with E-state index < -0.39 is 23.2 Å². The monoisotopic (exact) mass is 416 g/mol. The Hall–Kier alpha value is -4.00. The minimum atomic E-state index is -0.796. The van der Waals surface area contributed by atoms with Crippen molar-refractivity contribution in [3.05, 3.63) is 99.3 Å². The van der Waals surface area contributed by atoms with E-state index in [0.717, 1.165) is 11.8 Å². The molecule has 4 aromatic rings. The molecule has 0 radical (unpaired) electrons. The maximum Gasteiger partial charge on any atom is 0.296 e. The van der Waals surface area contributed by atoms with E-state index in [1.165, 1.54) is 24.1 Å². The number of halogens is 1. The summed E-state index contributed by atoms with van der Waals surface area (Å²) in [5.41, 5.74) is 1.23. The van der Waals surface area contributed by atoms with Crippen LogP contribution in [0.1, 0.15) is 33.4 Å². The van der Waals surface area contributed by atoms with Crippen molar-refractivity contribution in [3.63, 3.8) is 0 Å². The molecule has 5 rings (SSSR count). The Labute approximate surface area is 176 Å². The topological polar surface area (TPSA) is 72.6 Å². The van der Waals surface area contributed by atoms with E-state index in [1.54, 1.807) is 36.4 Å². The number of aromatic nitrogens is 1. The number of methoxy groups -OCH3 is 1. The van der Waals surface area contributed by atoms with E-state index in [2.05, 4.69) is 4.98 Å². The first kappa shape index (κ1) is 19.0. The molecular formula is C24H17FN2O4. The number of nitrogens with zero attached hydrogens (tertiary/aromatic N) is 2. The highest BCUT2D eigenvalue weighted by atomic mass is 19.1. The number of pyridine rings is 1. The summed E-state index contributed by atoms with van der Waals surface area (Å²) in [6.07, 6.45) is 0. The van der Waals surface area contributed by atoms with E-state index in [4.69, 9.17) is 9.15 Å². The molecule has 0 bridgehead atoms. The molecule has 0 aliphatic carbocycles. The van der Waals surface area contributed by atoms with Crippen LogP contribution >= 0.6 is 0 Å². The summed E-state index contributed by atoms with van der Waals surface area (Å²) >= 11 is 0. The van der Waals surface area contributed by atoms with E-state index in [-0.39, 0.29) is 22.3 Å². The van der Waals surface area contributed by atoms with Gasteiger partial charge in [0.2, 0.25) is 5.76 Å². The molecule has 7 heteroatoms. The third-order valence-electron chi connectivity index (χ3n) is 5.36. The molecule has 31 heavy (non-hydrogen) atoms. The summed E-state index contributed by atoms with van der Waals surface area (Å²) in [7, 11) is 1.54. The third-order valence-corrected chi connectivity index (χ3v) is 5.36. The van der Waals surface area contributed by atoms with Crippen molar-refractivity contribution in [1.29, 1.82) is 0 Å². The van der Waals surface area contributed by atoms with Crippen LogP contribution in [0.3, 0.4) is 0 Å². The smallest absolute Gasteiger partial charge is 0.296 e. The van der Waals surface area contributed by atoms with Gasteiger partial charge in [-0.2, -0.15) is 0 Å². The molecule has 1 amide bonds. The molecule has 154 valence electrons. The number of carbonyl (C=O) groups excluding carboxylic acids is 1. The van der Waals surface area contributed by atoms with Gasteiger partial charge >= 0.3 is 0 Å². The Bertz CT molecular complexity index is 1410. The van der Waals surface area contributed by atoms with Gasteiger partial charge in [-0.15, -0.1) is 0 Å². The van der Waals surface area contributed by atoms with Crippen molar-refractivity contribution >= 4 is 22.7 Å². The van der Waals surface area contributed by atoms with E-state index in [9.17, 15) is 14.0 Å². The van der Waals surface area contributed by atoms with Crippen molar-refractivity contribution in [2.24, 2.45) is 0 Å². The average molecular weight is 416 g/mol. The Morgan fingerprint density at radius 3 is 2.65 bits per heavy atom. The van der Waals surface area contributed by atoms with Crippen LogP contribution in [-0.4, -0.2) is 18.0 Å². The van der Waals surface area contributed by atoms with Gasteiger partial charge in [0.05, 0.1) is 24.1 Å². The van der Waals surface area contributed by atoms with Crippen molar-refractivity contribution < 1.29 is 18.3 Å². The molecule has 1 aliphatic rings. The number of hydrogen-bond donors (Lipinski definition) is 0. The van der Waals surface area contributed by atoms with Gasteiger partial charge in [0, 0.05) is 5.69 Å². The van der Waals surface area contributed by atoms with Gasteiger partial charge in [-0.1, -0.05) is 18.2 Å². The maximum atomic E-state index is 13.9. The Balaban J connectivity index is 1.83. The van der Waals surface area contributed by atoms with E-state index in [1.807, 2.05) is 13.0 Å². The van der Waals surface area contributed by atoms with Crippen molar-refractivity contribution in [1.82, 2.24) is 4.98 Å². The summed E-state index contributed by atoms with van der Waals surface area (Å²) in [5.74, 6) is -0.144. The second-order valence-electron chi connectivity index (χ2n) is 7.31. The Kier molecular flexibility index (Phi) is 4.32. The van der Waals surface area contributed by atoms with Crippen LogP contribution in [0.2, 0.25) is 0 Å². The van der Waals surface area contributed by atoms with Crippen LogP contribution in [0.25, 0.3) is 11.0 Å². The van der Waals surface area contributed by atoms with Crippen LogP contribution < -0.4 is 15.1 Å². The van der Waals surface area contributed by atoms with Gasteiger partial charge in [0.1, 0.15) is 23.0 Å². The number of anilines is 1. The number of ether oxygens (including phenoxy) is 1. The van der Waals surface area contributed by atoms with Gasteiger partial charge in [-0.3, -0.25) is 14.5 Å². The molecule has 2 aromatic heterocycles. The first-order valence-corrected chi connectivity index (χ1v) is 9.65. The third kappa shape index (κ3) is 2.97. The summed E-state index contributed by atoms with van der Waals surface area (Å²) in [5, 5.41) is 0.0819.